The van der Waals surface area contributed by atoms with E-state index in [4.69, 9.17) is 0 Å². The van der Waals surface area contributed by atoms with E-state index in [1.807, 2.05) is 0 Å². The lowest BCUT2D eigenvalue weighted by atomic mass is 9.74. The maximum atomic E-state index is 10.6. The van der Waals surface area contributed by atoms with Crippen molar-refractivity contribution in [3.05, 3.63) is 22.3 Å². The molecular formula is C31H58O. The summed E-state index contributed by atoms with van der Waals surface area (Å²) in [4.78, 5) is 0. The lowest BCUT2D eigenvalue weighted by Gasteiger charge is -2.33. The van der Waals surface area contributed by atoms with Crippen molar-refractivity contribution in [3.63, 3.8) is 0 Å². The number of allylic oxidation sites excluding steroid dienone is 2. The summed E-state index contributed by atoms with van der Waals surface area (Å²) in [6.07, 6.45) is 14.5. The zero-order valence-electron chi connectivity index (χ0n) is 23.6. The van der Waals surface area contributed by atoms with Gasteiger partial charge in [0.15, 0.2) is 0 Å². The molecule has 1 aliphatic carbocycles. The third-order valence-corrected chi connectivity index (χ3v) is 8.59. The van der Waals surface area contributed by atoms with Gasteiger partial charge in [0.05, 0.1) is 6.10 Å². The standard InChI is InChI=1S/C31H58O/c1-22(2)14-11-15-23(3)16-12-17-24(4)18-13-20-31(9,10)21-19-29-26(6)25(5)27(7)30(32)28(29)8/h22-24,27,30,32H,11-21H2,1-10H3. The van der Waals surface area contributed by atoms with Crippen LogP contribution in [0.25, 0.3) is 0 Å². The first-order valence-electron chi connectivity index (χ1n) is 13.9. The first kappa shape index (κ1) is 29.5. The van der Waals surface area contributed by atoms with Crippen molar-refractivity contribution in [2.24, 2.45) is 29.1 Å². The molecule has 1 N–H and O–H groups in total. The lowest BCUT2D eigenvalue weighted by Crippen LogP contribution is -2.26. The molecule has 0 spiro atoms. The van der Waals surface area contributed by atoms with Crippen LogP contribution in [0.2, 0.25) is 0 Å². The minimum absolute atomic E-state index is 0.260. The first-order chi connectivity index (χ1) is 14.9. The van der Waals surface area contributed by atoms with Gasteiger partial charge in [-0.15, -0.1) is 0 Å². The van der Waals surface area contributed by atoms with Gasteiger partial charge in [-0.2, -0.15) is 0 Å². The van der Waals surface area contributed by atoms with Gasteiger partial charge in [0.1, 0.15) is 0 Å². The molecule has 0 aromatic rings. The van der Waals surface area contributed by atoms with E-state index in [0.717, 1.165) is 24.2 Å². The summed E-state index contributed by atoms with van der Waals surface area (Å²) in [6.45, 7) is 23.2. The van der Waals surface area contributed by atoms with Gasteiger partial charge >= 0.3 is 0 Å². The maximum Gasteiger partial charge on any atom is 0.0815 e. The molecule has 0 aliphatic heterocycles. The molecule has 0 amide bonds. The van der Waals surface area contributed by atoms with E-state index in [1.54, 1.807) is 0 Å². The fourth-order valence-electron chi connectivity index (χ4n) is 5.55. The SMILES string of the molecule is CC1=C(C)C(C)C(O)C(C)=C1CCC(C)(C)CCCC(C)CCCC(C)CCCC(C)C. The van der Waals surface area contributed by atoms with Crippen LogP contribution in [0.3, 0.4) is 0 Å². The van der Waals surface area contributed by atoms with Crippen LogP contribution in [0.4, 0.5) is 0 Å². The van der Waals surface area contributed by atoms with Gasteiger partial charge in [-0.1, -0.05) is 105 Å². The van der Waals surface area contributed by atoms with Crippen LogP contribution in [0.15, 0.2) is 22.3 Å². The molecule has 0 radical (unpaired) electrons. The minimum Gasteiger partial charge on any atom is -0.388 e. The fraction of sp³-hybridized carbons (Fsp3) is 0.871. The van der Waals surface area contributed by atoms with Crippen molar-refractivity contribution in [1.82, 2.24) is 0 Å². The van der Waals surface area contributed by atoms with Gasteiger partial charge in [-0.3, -0.25) is 0 Å². The zero-order valence-corrected chi connectivity index (χ0v) is 23.6. The van der Waals surface area contributed by atoms with Crippen LogP contribution in [0, 0.1) is 29.1 Å². The second-order valence-corrected chi connectivity index (χ2v) is 12.7. The van der Waals surface area contributed by atoms with Gasteiger partial charge in [0.2, 0.25) is 0 Å². The van der Waals surface area contributed by atoms with Crippen LogP contribution in [-0.2, 0) is 0 Å². The third-order valence-electron chi connectivity index (χ3n) is 8.59. The molecule has 0 aromatic heterocycles. The molecule has 1 rings (SSSR count). The van der Waals surface area contributed by atoms with Crippen molar-refractivity contribution in [2.45, 2.75) is 146 Å². The molecule has 1 nitrogen and oxygen atoms in total. The second-order valence-electron chi connectivity index (χ2n) is 12.7. The van der Waals surface area contributed by atoms with E-state index < -0.39 is 0 Å². The zero-order chi connectivity index (χ0) is 24.5. The van der Waals surface area contributed by atoms with Crippen molar-refractivity contribution in [1.29, 1.82) is 0 Å². The maximum absolute atomic E-state index is 10.6. The topological polar surface area (TPSA) is 20.2 Å². The van der Waals surface area contributed by atoms with Gasteiger partial charge in [0, 0.05) is 5.92 Å². The second kappa shape index (κ2) is 14.0. The Hall–Kier alpha value is -0.560. The Morgan fingerprint density at radius 1 is 0.750 bits per heavy atom. The lowest BCUT2D eigenvalue weighted by molar-refractivity contribution is 0.162. The molecule has 0 bridgehead atoms. The average molecular weight is 447 g/mol. The Morgan fingerprint density at radius 2 is 1.25 bits per heavy atom. The monoisotopic (exact) mass is 446 g/mol. The quantitative estimate of drug-likeness (QED) is 0.265. The molecule has 32 heavy (non-hydrogen) atoms. The molecule has 0 saturated carbocycles. The van der Waals surface area contributed by atoms with Crippen LogP contribution in [0.5, 0.6) is 0 Å². The van der Waals surface area contributed by atoms with Gasteiger partial charge in [-0.05, 0) is 79.9 Å². The summed E-state index contributed by atoms with van der Waals surface area (Å²) in [7, 11) is 0. The number of aliphatic hydroxyl groups excluding tert-OH is 1. The highest BCUT2D eigenvalue weighted by Gasteiger charge is 2.28. The molecule has 0 fully saturated rings. The van der Waals surface area contributed by atoms with E-state index in [2.05, 4.69) is 69.2 Å². The summed E-state index contributed by atoms with van der Waals surface area (Å²) in [5.41, 5.74) is 5.82. The first-order valence-corrected chi connectivity index (χ1v) is 13.9. The Kier molecular flexibility index (Phi) is 12.9. The van der Waals surface area contributed by atoms with Crippen molar-refractivity contribution in [2.75, 3.05) is 0 Å². The normalized spacial score (nSPS) is 22.1. The highest BCUT2D eigenvalue weighted by Crippen LogP contribution is 2.39. The number of hydrogen-bond donors (Lipinski definition) is 1. The summed E-state index contributed by atoms with van der Waals surface area (Å²) >= 11 is 0. The Morgan fingerprint density at radius 3 is 1.78 bits per heavy atom. The molecular weight excluding hydrogens is 388 g/mol. The van der Waals surface area contributed by atoms with E-state index >= 15 is 0 Å². The van der Waals surface area contributed by atoms with Gasteiger partial charge < -0.3 is 5.11 Å². The summed E-state index contributed by atoms with van der Waals surface area (Å²) in [6, 6.07) is 0. The average Bonchev–Trinajstić information content (AvgIpc) is 2.70. The van der Waals surface area contributed by atoms with Crippen molar-refractivity contribution in [3.8, 4) is 0 Å². The van der Waals surface area contributed by atoms with Crippen LogP contribution in [-0.4, -0.2) is 11.2 Å². The molecule has 188 valence electrons. The molecule has 0 saturated heterocycles. The smallest absolute Gasteiger partial charge is 0.0815 e. The summed E-state index contributed by atoms with van der Waals surface area (Å²) in [5.74, 6) is 2.88. The third kappa shape index (κ3) is 10.1. The molecule has 4 unspecified atom stereocenters. The van der Waals surface area contributed by atoms with Crippen LogP contribution >= 0.6 is 0 Å². The number of rotatable bonds is 15. The molecule has 0 aromatic carbocycles. The van der Waals surface area contributed by atoms with Crippen molar-refractivity contribution >= 4 is 0 Å². The largest absolute Gasteiger partial charge is 0.388 e. The van der Waals surface area contributed by atoms with E-state index in [9.17, 15) is 5.11 Å². The van der Waals surface area contributed by atoms with Crippen LogP contribution < -0.4 is 0 Å². The fourth-order valence-corrected chi connectivity index (χ4v) is 5.55. The Labute approximate surface area is 202 Å². The highest BCUT2D eigenvalue weighted by molar-refractivity contribution is 5.43. The number of hydrogen-bond acceptors (Lipinski definition) is 1. The van der Waals surface area contributed by atoms with E-state index in [-0.39, 0.29) is 12.0 Å². The molecule has 1 aliphatic rings. The van der Waals surface area contributed by atoms with E-state index in [0.29, 0.717) is 5.41 Å². The highest BCUT2D eigenvalue weighted by atomic mass is 16.3. The summed E-state index contributed by atoms with van der Waals surface area (Å²) in [5, 5.41) is 10.6. The van der Waals surface area contributed by atoms with Crippen molar-refractivity contribution < 1.29 is 5.11 Å². The molecule has 0 heterocycles. The van der Waals surface area contributed by atoms with E-state index in [1.165, 1.54) is 86.5 Å². The number of aliphatic hydroxyl groups is 1. The Bertz CT molecular complexity index is 606. The van der Waals surface area contributed by atoms with Gasteiger partial charge in [0.25, 0.3) is 0 Å². The van der Waals surface area contributed by atoms with Crippen LogP contribution in [0.1, 0.15) is 140 Å². The molecule has 1 heteroatoms. The predicted octanol–water partition coefficient (Wildman–Crippen LogP) is 9.90. The predicted molar refractivity (Wildman–Crippen MR) is 144 cm³/mol. The van der Waals surface area contributed by atoms with Gasteiger partial charge in [-0.25, -0.2) is 0 Å². The molecule has 4 atom stereocenters. The summed E-state index contributed by atoms with van der Waals surface area (Å²) < 4.78 is 0. The Balaban J connectivity index is 2.32. The minimum atomic E-state index is -0.296.